The summed E-state index contributed by atoms with van der Waals surface area (Å²) < 4.78 is 3.50. The molecule has 0 spiro atoms. The first-order chi connectivity index (χ1) is 43.0. The van der Waals surface area contributed by atoms with Gasteiger partial charge in [0, 0.05) is 36.9 Å². The van der Waals surface area contributed by atoms with Crippen LogP contribution in [0.5, 0.6) is 0 Å². The standard InChI is InChI=1S/C40H30N6O12.C16H32.C9H20.C7H16.CH4/c1-39(2)12-18(46-37(57)25-10-23-24(11-26(25)38(46)58)36(56)45(35(23)55)17-43-29(49)6-7-30(43)50)13-40(3,14-39)15-41-31(51)19-8-21-22(9-20(19)32(41)52)34(54)44(33(21)53)16-42-27(47)4-5-28(42)48;1-3-5-6-7-8-9-13-16-14-11-10-12-15(16)4-2;1-3-5-7-9-8-6-4-2;1-3-5-7-6-4-2;/h4-11,18H,12-17H2,1-3H3;15-16H,3-14H2,1-2H3;3-9H2,1-2H3;3-7H2,1-2H3;1H4. The van der Waals surface area contributed by atoms with E-state index in [4.69, 9.17) is 0 Å². The van der Waals surface area contributed by atoms with Crippen molar-refractivity contribution in [3.63, 3.8) is 0 Å². The van der Waals surface area contributed by atoms with Gasteiger partial charge in [0.1, 0.15) is 13.3 Å². The van der Waals surface area contributed by atoms with Gasteiger partial charge in [-0.1, -0.05) is 224 Å². The fourth-order valence-electron chi connectivity index (χ4n) is 14.6. The van der Waals surface area contributed by atoms with Crippen molar-refractivity contribution in [1.29, 1.82) is 0 Å². The lowest BCUT2D eigenvalue weighted by Gasteiger charge is -2.46. The first kappa shape index (κ1) is 72.8. The van der Waals surface area contributed by atoms with Crippen LogP contribution in [0.25, 0.3) is 43.1 Å². The largest absolute Gasteiger partial charge is 0.274 e. The summed E-state index contributed by atoms with van der Waals surface area (Å²) in [7, 11) is 0. The summed E-state index contributed by atoms with van der Waals surface area (Å²) in [6.45, 7) is 18.0. The van der Waals surface area contributed by atoms with E-state index in [9.17, 15) is 57.5 Å². The predicted octanol–water partition coefficient (Wildman–Crippen LogP) is 12.7. The number of carbonyl (C=O) groups is 4. The van der Waals surface area contributed by atoms with Gasteiger partial charge in [-0.2, -0.15) is 0 Å². The molecule has 2 saturated carbocycles. The average Bonchev–Trinajstić information content (AvgIpc) is 1.56. The summed E-state index contributed by atoms with van der Waals surface area (Å²) in [5.41, 5.74) is -7.61. The predicted molar refractivity (Wildman–Crippen MR) is 365 cm³/mol. The molecule has 4 unspecified atom stereocenters. The third-order valence-electron chi connectivity index (χ3n) is 19.2. The molecular weight excluding hydrogens is 1150 g/mol. The summed E-state index contributed by atoms with van der Waals surface area (Å²) in [5.74, 6) is -0.653. The van der Waals surface area contributed by atoms with Crippen LogP contribution in [0.1, 0.15) is 249 Å². The monoisotopic (exact) mass is 1250 g/mol. The van der Waals surface area contributed by atoms with Crippen LogP contribution in [-0.2, 0) is 39.1 Å². The van der Waals surface area contributed by atoms with Crippen LogP contribution in [0.3, 0.4) is 0 Å². The van der Waals surface area contributed by atoms with Crippen LogP contribution in [0.15, 0.2) is 86.9 Å². The van der Waals surface area contributed by atoms with Crippen molar-refractivity contribution in [2.45, 2.75) is 269 Å². The zero-order valence-electron chi connectivity index (χ0n) is 55.1. The zero-order chi connectivity index (χ0) is 65.6. The van der Waals surface area contributed by atoms with Crippen LogP contribution in [-0.4, -0.2) is 51.7 Å². The Bertz CT molecular complexity index is 3840. The van der Waals surface area contributed by atoms with Gasteiger partial charge in [0.2, 0.25) is 0 Å². The van der Waals surface area contributed by atoms with Gasteiger partial charge < -0.3 is 0 Å². The minimum atomic E-state index is -0.864. The lowest BCUT2D eigenvalue weighted by molar-refractivity contribution is -0.140. The molecule has 2 aromatic carbocycles. The lowest BCUT2D eigenvalue weighted by atomic mass is 9.62. The molecule has 4 aromatic heterocycles. The molecule has 2 fully saturated rings. The fourth-order valence-corrected chi connectivity index (χ4v) is 14.6. The Balaban J connectivity index is 0.000000327. The minimum absolute atomic E-state index is 0. The van der Waals surface area contributed by atoms with E-state index in [1.165, 1.54) is 178 Å². The molecule has 0 saturated heterocycles. The molecule has 496 valence electrons. The third-order valence-corrected chi connectivity index (χ3v) is 19.2. The molecule has 6 aromatic rings. The molecule has 2 aliphatic carbocycles. The van der Waals surface area contributed by atoms with E-state index in [-0.39, 0.29) is 63.5 Å². The van der Waals surface area contributed by atoms with Crippen LogP contribution in [0.4, 0.5) is 0 Å². The Labute approximate surface area is 534 Å². The van der Waals surface area contributed by atoms with Crippen molar-refractivity contribution in [2.75, 3.05) is 0 Å². The number of hydrogen-bond acceptors (Lipinski definition) is 12. The molecule has 4 atom stereocenters. The van der Waals surface area contributed by atoms with Crippen LogP contribution in [0, 0.1) is 22.7 Å². The number of amides is 4. The Morgan fingerprint density at radius 3 is 1.04 bits per heavy atom. The van der Waals surface area contributed by atoms with Gasteiger partial charge in [-0.25, -0.2) is 0 Å². The Hall–Kier alpha value is -7.24. The minimum Gasteiger partial charge on any atom is -0.274 e. The smallest absolute Gasteiger partial charge is 0.263 e. The van der Waals surface area contributed by atoms with Gasteiger partial charge in [0.25, 0.3) is 68.1 Å². The maximum absolute atomic E-state index is 14.0. The molecule has 4 aliphatic rings. The highest BCUT2D eigenvalue weighted by Gasteiger charge is 2.44. The van der Waals surface area contributed by atoms with E-state index in [1.54, 1.807) is 0 Å². The molecule has 10 rings (SSSR count). The van der Waals surface area contributed by atoms with Gasteiger partial charge in [-0.15, -0.1) is 0 Å². The van der Waals surface area contributed by atoms with Gasteiger partial charge in [0.15, 0.2) is 0 Å². The first-order valence-electron chi connectivity index (χ1n) is 33.9. The van der Waals surface area contributed by atoms with Crippen molar-refractivity contribution in [2.24, 2.45) is 22.7 Å². The number of imide groups is 2. The Kier molecular flexibility index (Phi) is 26.3. The van der Waals surface area contributed by atoms with Crippen molar-refractivity contribution >= 4 is 66.7 Å². The second kappa shape index (κ2) is 32.9. The quantitative estimate of drug-likeness (QED) is 0.0385. The molecule has 18 nitrogen and oxygen atoms in total. The van der Waals surface area contributed by atoms with Crippen molar-refractivity contribution in [3.05, 3.63) is 131 Å². The van der Waals surface area contributed by atoms with E-state index in [1.807, 2.05) is 20.8 Å². The highest BCUT2D eigenvalue weighted by atomic mass is 16.2. The third kappa shape index (κ3) is 16.9. The second-order valence-electron chi connectivity index (χ2n) is 27.1. The number of aromatic nitrogens is 4. The summed E-state index contributed by atoms with van der Waals surface area (Å²) in [4.78, 5) is 159. The van der Waals surface area contributed by atoms with Crippen LogP contribution >= 0.6 is 0 Å². The van der Waals surface area contributed by atoms with Crippen LogP contribution < -0.4 is 44.5 Å². The summed E-state index contributed by atoms with van der Waals surface area (Å²) in [6.07, 6.45) is 39.8. The molecule has 6 heterocycles. The SMILES string of the molecule is C.CC1(C)CC(n2c(=O)c3cc4c(=O)n(CN5C(=O)C=CC5=O)c(=O)c4cc3c2=O)CC(C)(Cn2c(=O)c3cc4c(=O)n(CN5C(=O)C=CC5=O)c(=O)c4cc3c2=O)C1.CCCCCCC.CCCCCCCCC.CCCCCCCCC1CCCCC1CC. The first-order valence-corrected chi connectivity index (χ1v) is 33.9. The maximum Gasteiger partial charge on any atom is 0.263 e. The van der Waals surface area contributed by atoms with Gasteiger partial charge in [-0.05, 0) is 66.2 Å². The molecule has 18 heteroatoms. The van der Waals surface area contributed by atoms with Gasteiger partial charge in [0.05, 0.1) is 43.1 Å². The molecule has 0 N–H and O–H groups in total. The number of rotatable bonds is 25. The summed E-state index contributed by atoms with van der Waals surface area (Å²) in [5, 5.41) is -1.05. The number of hydrogen-bond donors (Lipinski definition) is 0. The number of benzene rings is 2. The summed E-state index contributed by atoms with van der Waals surface area (Å²) >= 11 is 0. The van der Waals surface area contributed by atoms with Crippen molar-refractivity contribution in [1.82, 2.24) is 28.1 Å². The van der Waals surface area contributed by atoms with Gasteiger partial charge >= 0.3 is 0 Å². The number of fused-ring (bicyclic) bond motifs is 4. The van der Waals surface area contributed by atoms with Gasteiger partial charge in [-0.3, -0.25) is 85.6 Å². The van der Waals surface area contributed by atoms with Crippen LogP contribution in [0.2, 0.25) is 0 Å². The number of unbranched alkanes of at least 4 members (excludes halogenated alkanes) is 15. The fraction of sp³-hybridized carbons (Fsp3) is 0.616. The molecule has 2 aliphatic heterocycles. The topological polar surface area (TPSA) is 231 Å². The molecule has 91 heavy (non-hydrogen) atoms. The normalized spacial score (nSPS) is 19.5. The van der Waals surface area contributed by atoms with Crippen molar-refractivity contribution in [3.8, 4) is 0 Å². The molecule has 0 bridgehead atoms. The molecule has 0 radical (unpaired) electrons. The average molecular weight is 1260 g/mol. The lowest BCUT2D eigenvalue weighted by Crippen LogP contribution is -2.45. The highest BCUT2D eigenvalue weighted by Crippen LogP contribution is 2.50. The zero-order valence-corrected chi connectivity index (χ0v) is 55.1. The summed E-state index contributed by atoms with van der Waals surface area (Å²) in [6, 6.07) is 3.96. The maximum atomic E-state index is 14.0. The van der Waals surface area contributed by atoms with E-state index < -0.39 is 98.3 Å². The highest BCUT2D eigenvalue weighted by molar-refractivity contribution is 6.13. The number of nitrogens with zero attached hydrogens (tertiary/aromatic N) is 6. The molecular formula is C73H102N6O12. The van der Waals surface area contributed by atoms with Crippen molar-refractivity contribution < 1.29 is 19.2 Å². The Morgan fingerprint density at radius 1 is 0.385 bits per heavy atom. The van der Waals surface area contributed by atoms with E-state index in [0.29, 0.717) is 31.8 Å². The van der Waals surface area contributed by atoms with E-state index in [2.05, 4.69) is 41.5 Å². The Morgan fingerprint density at radius 2 is 0.692 bits per heavy atom. The number of carbonyl (C=O) groups excluding carboxylic acids is 4. The molecule has 4 amide bonds. The second-order valence-corrected chi connectivity index (χ2v) is 27.1. The van der Waals surface area contributed by atoms with E-state index >= 15 is 0 Å². The van der Waals surface area contributed by atoms with E-state index in [0.717, 1.165) is 45.3 Å².